The Labute approximate surface area is 109 Å². The van der Waals surface area contributed by atoms with Crippen molar-refractivity contribution in [2.75, 3.05) is 27.7 Å². The molecule has 1 fully saturated rings. The van der Waals surface area contributed by atoms with Crippen LogP contribution in [0.15, 0.2) is 0 Å². The highest BCUT2D eigenvalue weighted by Crippen LogP contribution is 2.36. The van der Waals surface area contributed by atoms with Gasteiger partial charge < -0.3 is 10.0 Å². The monoisotopic (exact) mass is 256 g/mol. The van der Waals surface area contributed by atoms with Gasteiger partial charge in [0.2, 0.25) is 5.91 Å². The molecule has 0 radical (unpaired) electrons. The number of carboxylic acid groups (broad SMARTS) is 1. The van der Waals surface area contributed by atoms with Crippen LogP contribution in [0.4, 0.5) is 0 Å². The van der Waals surface area contributed by atoms with Gasteiger partial charge in [-0.25, -0.2) is 0 Å². The van der Waals surface area contributed by atoms with Gasteiger partial charge in [-0.1, -0.05) is 0 Å². The molecule has 0 heterocycles. The van der Waals surface area contributed by atoms with E-state index in [1.807, 2.05) is 6.92 Å². The fourth-order valence-electron chi connectivity index (χ4n) is 2.66. The molecule has 1 N–H and O–H groups in total. The van der Waals surface area contributed by atoms with E-state index in [1.54, 1.807) is 30.9 Å². The Kier molecular flexibility index (Phi) is 4.73. The second-order valence-corrected chi connectivity index (χ2v) is 5.36. The summed E-state index contributed by atoms with van der Waals surface area (Å²) in [7, 11) is 5.40. The maximum Gasteiger partial charge on any atom is 0.324 e. The molecule has 0 aromatic heterocycles. The smallest absolute Gasteiger partial charge is 0.324 e. The van der Waals surface area contributed by atoms with Crippen LogP contribution in [0.1, 0.15) is 32.6 Å². The Bertz CT molecular complexity index is 320. The minimum absolute atomic E-state index is 0.0117. The number of carboxylic acids is 1. The van der Waals surface area contributed by atoms with Crippen LogP contribution in [0.5, 0.6) is 0 Å². The fraction of sp³-hybridized carbons (Fsp3) is 0.846. The Morgan fingerprint density at radius 3 is 2.06 bits per heavy atom. The van der Waals surface area contributed by atoms with Gasteiger partial charge in [0.05, 0.1) is 0 Å². The molecule has 1 saturated carbocycles. The van der Waals surface area contributed by atoms with Gasteiger partial charge >= 0.3 is 5.97 Å². The Balaban J connectivity index is 2.70. The molecular formula is C13H24N2O3. The first-order chi connectivity index (χ1) is 8.35. The summed E-state index contributed by atoms with van der Waals surface area (Å²) >= 11 is 0. The molecule has 18 heavy (non-hydrogen) atoms. The van der Waals surface area contributed by atoms with Gasteiger partial charge in [-0.3, -0.25) is 14.5 Å². The van der Waals surface area contributed by atoms with E-state index in [4.69, 9.17) is 0 Å². The van der Waals surface area contributed by atoms with Crippen molar-refractivity contribution in [1.82, 2.24) is 9.80 Å². The number of amides is 1. The lowest BCUT2D eigenvalue weighted by Gasteiger charge is -2.41. The normalized spacial score (nSPS) is 28.2. The van der Waals surface area contributed by atoms with Crippen molar-refractivity contribution >= 4 is 11.9 Å². The predicted octanol–water partition coefficient (Wildman–Crippen LogP) is 1.04. The third-order valence-electron chi connectivity index (χ3n) is 4.27. The van der Waals surface area contributed by atoms with Crippen LogP contribution in [0.25, 0.3) is 0 Å². The van der Waals surface area contributed by atoms with Gasteiger partial charge in [0.25, 0.3) is 0 Å². The predicted molar refractivity (Wildman–Crippen MR) is 69.3 cm³/mol. The average Bonchev–Trinajstić information content (AvgIpc) is 2.36. The van der Waals surface area contributed by atoms with Crippen LogP contribution >= 0.6 is 0 Å². The Hall–Kier alpha value is -1.10. The standard InChI is InChI=1S/C13H24N2O3/c1-5-15(4)11(16)10-6-8-13(9-7-10,12(17)18)14(2)3/h10H,5-9H2,1-4H3,(H,17,18). The van der Waals surface area contributed by atoms with E-state index < -0.39 is 11.5 Å². The van der Waals surface area contributed by atoms with Crippen LogP contribution in [-0.4, -0.2) is 60.0 Å². The summed E-state index contributed by atoms with van der Waals surface area (Å²) in [5, 5.41) is 9.40. The first kappa shape index (κ1) is 15.0. The zero-order valence-corrected chi connectivity index (χ0v) is 11.8. The molecule has 0 aliphatic heterocycles. The number of hydrogen-bond donors (Lipinski definition) is 1. The van der Waals surface area contributed by atoms with Crippen LogP contribution in [0.3, 0.4) is 0 Å². The number of carbonyl (C=O) groups is 2. The van der Waals surface area contributed by atoms with E-state index in [0.29, 0.717) is 32.2 Å². The molecule has 0 atom stereocenters. The number of aliphatic carboxylic acids is 1. The molecule has 0 spiro atoms. The van der Waals surface area contributed by atoms with Crippen LogP contribution in [0.2, 0.25) is 0 Å². The highest BCUT2D eigenvalue weighted by Gasteiger charge is 2.45. The van der Waals surface area contributed by atoms with Crippen molar-refractivity contribution in [2.45, 2.75) is 38.1 Å². The third kappa shape index (κ3) is 2.66. The first-order valence-electron chi connectivity index (χ1n) is 6.51. The lowest BCUT2D eigenvalue weighted by atomic mass is 9.75. The van der Waals surface area contributed by atoms with E-state index in [0.717, 1.165) is 0 Å². The number of nitrogens with zero attached hydrogens (tertiary/aromatic N) is 2. The topological polar surface area (TPSA) is 60.9 Å². The fourth-order valence-corrected chi connectivity index (χ4v) is 2.66. The maximum absolute atomic E-state index is 12.0. The molecule has 5 heteroatoms. The van der Waals surface area contributed by atoms with Gasteiger partial charge in [0.1, 0.15) is 5.54 Å². The van der Waals surface area contributed by atoms with Crippen molar-refractivity contribution in [2.24, 2.45) is 5.92 Å². The van der Waals surface area contributed by atoms with Gasteiger partial charge in [-0.2, -0.15) is 0 Å². The SMILES string of the molecule is CCN(C)C(=O)C1CCC(C(=O)O)(N(C)C)CC1. The first-order valence-corrected chi connectivity index (χ1v) is 6.51. The van der Waals surface area contributed by atoms with E-state index in [9.17, 15) is 14.7 Å². The number of rotatable bonds is 4. The summed E-state index contributed by atoms with van der Waals surface area (Å²) in [5.74, 6) is -0.639. The van der Waals surface area contributed by atoms with E-state index >= 15 is 0 Å². The third-order valence-corrected chi connectivity index (χ3v) is 4.27. The van der Waals surface area contributed by atoms with Gasteiger partial charge in [-0.05, 0) is 46.7 Å². The second-order valence-electron chi connectivity index (χ2n) is 5.36. The van der Waals surface area contributed by atoms with Crippen LogP contribution in [-0.2, 0) is 9.59 Å². The summed E-state index contributed by atoms with van der Waals surface area (Å²) in [5.41, 5.74) is -0.790. The molecule has 1 aliphatic rings. The summed E-state index contributed by atoms with van der Waals surface area (Å²) < 4.78 is 0. The molecule has 0 aromatic carbocycles. The number of likely N-dealkylation sites (N-methyl/N-ethyl adjacent to an activating group) is 1. The van der Waals surface area contributed by atoms with Crippen molar-refractivity contribution in [3.05, 3.63) is 0 Å². The molecule has 1 aliphatic carbocycles. The van der Waals surface area contributed by atoms with Gasteiger partial charge in [0.15, 0.2) is 0 Å². The minimum atomic E-state index is -0.790. The zero-order valence-electron chi connectivity index (χ0n) is 11.8. The molecule has 0 aromatic rings. The Morgan fingerprint density at radius 1 is 1.22 bits per heavy atom. The minimum Gasteiger partial charge on any atom is -0.480 e. The van der Waals surface area contributed by atoms with Gasteiger partial charge in [-0.15, -0.1) is 0 Å². The molecule has 1 amide bonds. The van der Waals surface area contributed by atoms with E-state index in [1.165, 1.54) is 0 Å². The maximum atomic E-state index is 12.0. The van der Waals surface area contributed by atoms with Crippen LogP contribution < -0.4 is 0 Å². The van der Waals surface area contributed by atoms with Gasteiger partial charge in [0, 0.05) is 19.5 Å². The molecule has 0 bridgehead atoms. The quantitative estimate of drug-likeness (QED) is 0.816. The molecule has 0 unspecified atom stereocenters. The largest absolute Gasteiger partial charge is 0.480 e. The summed E-state index contributed by atoms with van der Waals surface area (Å²) in [6.45, 7) is 2.65. The van der Waals surface area contributed by atoms with E-state index in [2.05, 4.69) is 0 Å². The lowest BCUT2D eigenvalue weighted by Crippen LogP contribution is -2.54. The van der Waals surface area contributed by atoms with Crippen molar-refractivity contribution < 1.29 is 14.7 Å². The average molecular weight is 256 g/mol. The highest BCUT2D eigenvalue weighted by atomic mass is 16.4. The highest BCUT2D eigenvalue weighted by molar-refractivity contribution is 5.81. The van der Waals surface area contributed by atoms with Crippen LogP contribution in [0, 0.1) is 5.92 Å². The lowest BCUT2D eigenvalue weighted by molar-refractivity contribution is -0.154. The van der Waals surface area contributed by atoms with Crippen molar-refractivity contribution in [3.63, 3.8) is 0 Å². The second kappa shape index (κ2) is 5.69. The summed E-state index contributed by atoms with van der Waals surface area (Å²) in [4.78, 5) is 27.0. The number of hydrogen-bond acceptors (Lipinski definition) is 3. The molecule has 1 rings (SSSR count). The number of carbonyl (C=O) groups excluding carboxylic acids is 1. The zero-order chi connectivity index (χ0) is 13.9. The summed E-state index contributed by atoms with van der Waals surface area (Å²) in [6, 6.07) is 0. The van der Waals surface area contributed by atoms with Crippen molar-refractivity contribution in [1.29, 1.82) is 0 Å². The molecule has 104 valence electrons. The Morgan fingerprint density at radius 2 is 1.72 bits per heavy atom. The molecule has 0 saturated heterocycles. The molecule has 5 nitrogen and oxygen atoms in total. The van der Waals surface area contributed by atoms with E-state index in [-0.39, 0.29) is 11.8 Å². The molecular weight excluding hydrogens is 232 g/mol. The van der Waals surface area contributed by atoms with Crippen molar-refractivity contribution in [3.8, 4) is 0 Å². The summed E-state index contributed by atoms with van der Waals surface area (Å²) in [6.07, 6.45) is 2.41.